The van der Waals surface area contributed by atoms with Gasteiger partial charge in [0.15, 0.2) is 23.3 Å². The minimum Gasteiger partial charge on any atom is -0.460 e. The number of carbonyl (C=O) groups excluding carboxylic acids is 1. The number of esters is 1. The molecule has 0 N–H and O–H groups in total. The molecule has 1 saturated carbocycles. The van der Waals surface area contributed by atoms with E-state index in [0.717, 1.165) is 6.92 Å². The van der Waals surface area contributed by atoms with E-state index in [0.29, 0.717) is 0 Å². The normalized spacial score (nSPS) is 21.4. The number of carbonyl (C=O) groups is 1. The van der Waals surface area contributed by atoms with Crippen LogP contribution in [0.2, 0.25) is 0 Å². The summed E-state index contributed by atoms with van der Waals surface area (Å²) in [6.45, 7) is 3.53. The van der Waals surface area contributed by atoms with Gasteiger partial charge in [-0.05, 0) is 23.9 Å². The van der Waals surface area contributed by atoms with Crippen molar-refractivity contribution in [3.63, 3.8) is 0 Å². The van der Waals surface area contributed by atoms with Gasteiger partial charge in [0, 0.05) is 16.9 Å². The number of benzene rings is 1. The Morgan fingerprint density at radius 2 is 1.70 bits per heavy atom. The molecule has 1 aliphatic carbocycles. The standard InChI is InChI=1S/C16H13ClF4O2/c1-7-11(18)13(20)8(14(21)12(7)19)6-23-15(22)10-9(4-5-17)16(10,2)3/h9-10H,6H2,1-3H3. The molecule has 1 fully saturated rings. The summed E-state index contributed by atoms with van der Waals surface area (Å²) in [5.74, 6) is -5.22. The summed E-state index contributed by atoms with van der Waals surface area (Å²) in [7, 11) is 0. The smallest absolute Gasteiger partial charge is 0.311 e. The number of ether oxygens (including phenoxy) is 1. The van der Waals surface area contributed by atoms with E-state index < -0.39 is 58.3 Å². The zero-order chi connectivity index (χ0) is 17.5. The van der Waals surface area contributed by atoms with Gasteiger partial charge in [-0.15, -0.1) is 0 Å². The Bertz CT molecular complexity index is 705. The van der Waals surface area contributed by atoms with Gasteiger partial charge in [0.25, 0.3) is 0 Å². The Morgan fingerprint density at radius 3 is 2.17 bits per heavy atom. The molecule has 7 heteroatoms. The highest BCUT2D eigenvalue weighted by Crippen LogP contribution is 2.58. The summed E-state index contributed by atoms with van der Waals surface area (Å²) in [5, 5.41) is 2.18. The van der Waals surface area contributed by atoms with Gasteiger partial charge in [0.05, 0.1) is 11.5 Å². The predicted molar refractivity (Wildman–Crippen MR) is 75.2 cm³/mol. The molecule has 1 aliphatic rings. The molecule has 0 amide bonds. The molecule has 23 heavy (non-hydrogen) atoms. The summed E-state index contributed by atoms with van der Waals surface area (Å²) in [4.78, 5) is 12.0. The van der Waals surface area contributed by atoms with Crippen molar-refractivity contribution in [3.8, 4) is 11.3 Å². The van der Waals surface area contributed by atoms with Crippen LogP contribution in [0.3, 0.4) is 0 Å². The van der Waals surface area contributed by atoms with Crippen LogP contribution in [-0.4, -0.2) is 5.97 Å². The van der Waals surface area contributed by atoms with Gasteiger partial charge >= 0.3 is 5.97 Å². The minimum atomic E-state index is -1.57. The molecule has 0 saturated heterocycles. The zero-order valence-corrected chi connectivity index (χ0v) is 13.3. The van der Waals surface area contributed by atoms with Crippen LogP contribution in [0.25, 0.3) is 0 Å². The molecule has 2 rings (SSSR count). The van der Waals surface area contributed by atoms with Crippen molar-refractivity contribution >= 4 is 17.6 Å². The van der Waals surface area contributed by atoms with Crippen molar-refractivity contribution in [1.82, 2.24) is 0 Å². The van der Waals surface area contributed by atoms with Crippen molar-refractivity contribution in [2.24, 2.45) is 17.3 Å². The second-order valence-electron chi connectivity index (χ2n) is 5.98. The quantitative estimate of drug-likeness (QED) is 0.356. The summed E-state index contributed by atoms with van der Waals surface area (Å²) in [6.07, 6.45) is 0. The molecule has 124 valence electrons. The molecule has 0 heterocycles. The lowest BCUT2D eigenvalue weighted by molar-refractivity contribution is -0.147. The highest BCUT2D eigenvalue weighted by Gasteiger charge is 2.62. The molecular formula is C16H13ClF4O2. The molecule has 0 aliphatic heterocycles. The Morgan fingerprint density at radius 1 is 1.17 bits per heavy atom. The average molecular weight is 349 g/mol. The molecule has 2 unspecified atom stereocenters. The van der Waals surface area contributed by atoms with Crippen LogP contribution in [0.4, 0.5) is 17.6 Å². The lowest BCUT2D eigenvalue weighted by Crippen LogP contribution is -2.14. The third kappa shape index (κ3) is 2.90. The topological polar surface area (TPSA) is 26.3 Å². The van der Waals surface area contributed by atoms with Gasteiger partial charge in [-0.3, -0.25) is 4.79 Å². The van der Waals surface area contributed by atoms with Crippen LogP contribution < -0.4 is 0 Å². The number of hydrogen-bond acceptors (Lipinski definition) is 2. The fourth-order valence-electron chi connectivity index (χ4n) is 2.55. The lowest BCUT2D eigenvalue weighted by Gasteiger charge is -2.10. The number of halogens is 5. The van der Waals surface area contributed by atoms with E-state index in [-0.39, 0.29) is 5.92 Å². The highest BCUT2D eigenvalue weighted by atomic mass is 35.5. The first-order valence-electron chi connectivity index (χ1n) is 6.73. The Labute approximate surface area is 135 Å². The molecule has 1 aromatic rings. The molecule has 2 atom stereocenters. The molecule has 0 aromatic heterocycles. The number of rotatable bonds is 3. The van der Waals surface area contributed by atoms with Crippen molar-refractivity contribution in [3.05, 3.63) is 34.4 Å². The summed E-state index contributed by atoms with van der Waals surface area (Å²) < 4.78 is 59.1. The lowest BCUT2D eigenvalue weighted by atomic mass is 10.1. The van der Waals surface area contributed by atoms with E-state index in [4.69, 9.17) is 16.3 Å². The van der Waals surface area contributed by atoms with Crippen molar-refractivity contribution in [1.29, 1.82) is 0 Å². The second-order valence-corrected chi connectivity index (χ2v) is 6.17. The Hall–Kier alpha value is -1.74. The maximum absolute atomic E-state index is 13.7. The predicted octanol–water partition coefficient (Wildman–Crippen LogP) is 4.07. The fourth-order valence-corrected chi connectivity index (χ4v) is 2.67. The van der Waals surface area contributed by atoms with Crippen LogP contribution in [0, 0.1) is 58.7 Å². The molecular weight excluding hydrogens is 336 g/mol. The van der Waals surface area contributed by atoms with Crippen LogP contribution in [0.5, 0.6) is 0 Å². The monoisotopic (exact) mass is 348 g/mol. The van der Waals surface area contributed by atoms with Gasteiger partial charge in [0.1, 0.15) is 6.61 Å². The second kappa shape index (κ2) is 6.04. The van der Waals surface area contributed by atoms with Gasteiger partial charge in [-0.25, -0.2) is 17.6 Å². The van der Waals surface area contributed by atoms with Gasteiger partial charge in [-0.2, -0.15) is 0 Å². The Kier molecular flexibility index (Phi) is 4.63. The van der Waals surface area contributed by atoms with E-state index in [2.05, 4.69) is 11.3 Å². The van der Waals surface area contributed by atoms with Crippen LogP contribution in [-0.2, 0) is 16.1 Å². The summed E-state index contributed by atoms with van der Waals surface area (Å²) in [5.41, 5.74) is -2.21. The van der Waals surface area contributed by atoms with Gasteiger partial charge < -0.3 is 4.74 Å². The van der Waals surface area contributed by atoms with Crippen LogP contribution in [0.15, 0.2) is 0 Å². The first-order valence-corrected chi connectivity index (χ1v) is 7.11. The molecule has 0 radical (unpaired) electrons. The molecule has 2 nitrogen and oxygen atoms in total. The van der Waals surface area contributed by atoms with E-state index in [1.165, 1.54) is 0 Å². The van der Waals surface area contributed by atoms with Gasteiger partial charge in [-0.1, -0.05) is 19.8 Å². The number of hydrogen-bond donors (Lipinski definition) is 0. The van der Waals surface area contributed by atoms with E-state index in [1.807, 2.05) is 0 Å². The molecule has 0 spiro atoms. The van der Waals surface area contributed by atoms with E-state index in [9.17, 15) is 22.4 Å². The van der Waals surface area contributed by atoms with E-state index >= 15 is 0 Å². The van der Waals surface area contributed by atoms with Crippen LogP contribution in [0.1, 0.15) is 25.0 Å². The van der Waals surface area contributed by atoms with Crippen LogP contribution >= 0.6 is 11.6 Å². The van der Waals surface area contributed by atoms with Crippen molar-refractivity contribution in [2.45, 2.75) is 27.4 Å². The zero-order valence-electron chi connectivity index (χ0n) is 12.6. The Balaban J connectivity index is 2.16. The van der Waals surface area contributed by atoms with Crippen molar-refractivity contribution < 1.29 is 27.1 Å². The van der Waals surface area contributed by atoms with Gasteiger partial charge in [0.2, 0.25) is 0 Å². The highest BCUT2D eigenvalue weighted by molar-refractivity contribution is 6.30. The first kappa shape index (κ1) is 17.6. The average Bonchev–Trinajstić information content (AvgIpc) is 3.04. The molecule has 1 aromatic carbocycles. The fraction of sp³-hybridized carbons (Fsp3) is 0.438. The first-order chi connectivity index (χ1) is 10.6. The third-order valence-electron chi connectivity index (χ3n) is 4.22. The van der Waals surface area contributed by atoms with E-state index in [1.54, 1.807) is 13.8 Å². The summed E-state index contributed by atoms with van der Waals surface area (Å²) >= 11 is 5.30. The van der Waals surface area contributed by atoms with Crippen molar-refractivity contribution in [2.75, 3.05) is 0 Å². The maximum Gasteiger partial charge on any atom is 0.311 e. The SMILES string of the molecule is Cc1c(F)c(F)c(COC(=O)C2C(C#CCl)C2(C)C)c(F)c1F. The molecule has 0 bridgehead atoms. The largest absolute Gasteiger partial charge is 0.460 e. The third-order valence-corrected chi connectivity index (χ3v) is 4.33. The summed E-state index contributed by atoms with van der Waals surface area (Å²) in [6, 6.07) is 0. The minimum absolute atomic E-state index is 0.339. The maximum atomic E-state index is 13.7.